The number of hydrogen-bond donors (Lipinski definition) is 1. The van der Waals surface area contributed by atoms with Gasteiger partial charge in [0.1, 0.15) is 11.8 Å². The van der Waals surface area contributed by atoms with Crippen molar-refractivity contribution < 1.29 is 4.74 Å². The third-order valence-corrected chi connectivity index (χ3v) is 2.99. The van der Waals surface area contributed by atoms with E-state index in [4.69, 9.17) is 4.74 Å². The molecule has 1 atom stereocenters. The molecule has 2 aromatic rings. The molecule has 6 heteroatoms. The topological polar surface area (TPSA) is 76.1 Å². The first-order valence-electron chi connectivity index (χ1n) is 5.80. The SMILES string of the molecule is COc1ccc(CCC2=NC2c2nnn[nH]2)cc1. The lowest BCUT2D eigenvalue weighted by Crippen LogP contribution is -1.96. The van der Waals surface area contributed by atoms with Crippen LogP contribution in [0.5, 0.6) is 5.75 Å². The van der Waals surface area contributed by atoms with Gasteiger partial charge in [0.2, 0.25) is 0 Å². The molecule has 0 saturated carbocycles. The van der Waals surface area contributed by atoms with E-state index in [1.807, 2.05) is 12.1 Å². The van der Waals surface area contributed by atoms with Crippen molar-refractivity contribution >= 4 is 5.71 Å². The molecule has 1 aromatic heterocycles. The van der Waals surface area contributed by atoms with Crippen LogP contribution in [0, 0.1) is 0 Å². The molecule has 1 aliphatic rings. The van der Waals surface area contributed by atoms with Crippen molar-refractivity contribution in [2.75, 3.05) is 7.11 Å². The van der Waals surface area contributed by atoms with Crippen LogP contribution in [0.2, 0.25) is 0 Å². The molecule has 0 radical (unpaired) electrons. The molecule has 0 saturated heterocycles. The number of H-pyrrole nitrogens is 1. The summed E-state index contributed by atoms with van der Waals surface area (Å²) in [5.41, 5.74) is 2.43. The van der Waals surface area contributed by atoms with Crippen LogP contribution in [0.4, 0.5) is 0 Å². The van der Waals surface area contributed by atoms with E-state index < -0.39 is 0 Å². The van der Waals surface area contributed by atoms with Gasteiger partial charge in [-0.25, -0.2) is 5.10 Å². The highest BCUT2D eigenvalue weighted by molar-refractivity contribution is 6.00. The quantitative estimate of drug-likeness (QED) is 0.859. The molecule has 3 rings (SSSR count). The Kier molecular flexibility index (Phi) is 2.76. The van der Waals surface area contributed by atoms with Crippen LogP contribution in [0.15, 0.2) is 29.3 Å². The van der Waals surface area contributed by atoms with Gasteiger partial charge in [-0.2, -0.15) is 0 Å². The summed E-state index contributed by atoms with van der Waals surface area (Å²) in [5, 5.41) is 13.7. The van der Waals surface area contributed by atoms with Crippen molar-refractivity contribution in [3.05, 3.63) is 35.7 Å². The molecule has 1 unspecified atom stereocenters. The number of benzene rings is 1. The lowest BCUT2D eigenvalue weighted by molar-refractivity contribution is 0.414. The standard InChI is InChI=1S/C12H13N5O/c1-18-9-5-2-8(3-6-9)4-7-10-11(13-10)12-14-16-17-15-12/h2-3,5-6,11H,4,7H2,1H3,(H,14,15,16,17). The number of aliphatic imine (C=N–C) groups is 1. The van der Waals surface area contributed by atoms with Gasteiger partial charge < -0.3 is 4.74 Å². The summed E-state index contributed by atoms with van der Waals surface area (Å²) in [6.07, 6.45) is 1.92. The predicted molar refractivity (Wildman–Crippen MR) is 65.7 cm³/mol. The van der Waals surface area contributed by atoms with Crippen molar-refractivity contribution in [1.82, 2.24) is 20.6 Å². The highest BCUT2D eigenvalue weighted by Crippen LogP contribution is 2.30. The molecule has 0 amide bonds. The molecular weight excluding hydrogens is 230 g/mol. The normalized spacial score (nSPS) is 17.4. The zero-order valence-electron chi connectivity index (χ0n) is 10.00. The van der Waals surface area contributed by atoms with E-state index in [-0.39, 0.29) is 6.04 Å². The third kappa shape index (κ3) is 2.22. The third-order valence-electron chi connectivity index (χ3n) is 2.99. The maximum atomic E-state index is 5.12. The number of methoxy groups -OCH3 is 1. The minimum Gasteiger partial charge on any atom is -0.497 e. The van der Waals surface area contributed by atoms with Gasteiger partial charge in [-0.15, -0.1) is 5.10 Å². The molecule has 1 aliphatic heterocycles. The minimum absolute atomic E-state index is 0.0817. The van der Waals surface area contributed by atoms with Crippen LogP contribution in [-0.4, -0.2) is 33.4 Å². The van der Waals surface area contributed by atoms with Crippen LogP contribution in [0.3, 0.4) is 0 Å². The van der Waals surface area contributed by atoms with Crippen molar-refractivity contribution in [1.29, 1.82) is 0 Å². The molecular formula is C12H13N5O. The first kappa shape index (κ1) is 10.9. The van der Waals surface area contributed by atoms with Crippen LogP contribution < -0.4 is 4.74 Å². The summed E-state index contributed by atoms with van der Waals surface area (Å²) in [7, 11) is 1.67. The molecule has 6 nitrogen and oxygen atoms in total. The van der Waals surface area contributed by atoms with Gasteiger partial charge in [-0.3, -0.25) is 4.99 Å². The second-order valence-electron chi connectivity index (χ2n) is 4.16. The Labute approximate surface area is 104 Å². The number of rotatable bonds is 5. The number of aryl methyl sites for hydroxylation is 1. The zero-order chi connectivity index (χ0) is 12.4. The van der Waals surface area contributed by atoms with Crippen molar-refractivity contribution in [2.24, 2.45) is 4.99 Å². The zero-order valence-corrected chi connectivity index (χ0v) is 10.00. The number of aromatic amines is 1. The van der Waals surface area contributed by atoms with E-state index in [9.17, 15) is 0 Å². The summed E-state index contributed by atoms with van der Waals surface area (Å²) in [4.78, 5) is 4.36. The Balaban J connectivity index is 1.52. The number of tetrazole rings is 1. The predicted octanol–water partition coefficient (Wildman–Crippen LogP) is 1.34. The van der Waals surface area contributed by atoms with E-state index >= 15 is 0 Å². The maximum absolute atomic E-state index is 5.12. The Hall–Kier alpha value is -2.24. The van der Waals surface area contributed by atoms with Crippen LogP contribution >= 0.6 is 0 Å². The van der Waals surface area contributed by atoms with Crippen molar-refractivity contribution in [3.8, 4) is 5.75 Å². The Bertz CT molecular complexity index is 546. The number of nitrogens with one attached hydrogen (secondary N) is 1. The Morgan fingerprint density at radius 1 is 1.22 bits per heavy atom. The fourth-order valence-electron chi connectivity index (χ4n) is 1.90. The van der Waals surface area contributed by atoms with Crippen molar-refractivity contribution in [3.63, 3.8) is 0 Å². The van der Waals surface area contributed by atoms with Crippen LogP contribution in [0.25, 0.3) is 0 Å². The molecule has 0 spiro atoms. The van der Waals surface area contributed by atoms with Gasteiger partial charge in [0, 0.05) is 5.71 Å². The van der Waals surface area contributed by atoms with Gasteiger partial charge in [0.25, 0.3) is 0 Å². The van der Waals surface area contributed by atoms with Crippen molar-refractivity contribution in [2.45, 2.75) is 18.9 Å². The molecule has 1 N–H and O–H groups in total. The van der Waals surface area contributed by atoms with Gasteiger partial charge in [-0.1, -0.05) is 12.1 Å². The second-order valence-corrected chi connectivity index (χ2v) is 4.16. The summed E-state index contributed by atoms with van der Waals surface area (Å²) in [6.45, 7) is 0. The average Bonchev–Trinajstić information content (AvgIpc) is 2.99. The average molecular weight is 243 g/mol. The maximum Gasteiger partial charge on any atom is 0.179 e. The summed E-state index contributed by atoms with van der Waals surface area (Å²) >= 11 is 0. The monoisotopic (exact) mass is 243 g/mol. The minimum atomic E-state index is 0.0817. The lowest BCUT2D eigenvalue weighted by atomic mass is 10.1. The largest absolute Gasteiger partial charge is 0.497 e. The highest BCUT2D eigenvalue weighted by atomic mass is 16.5. The van der Waals surface area contributed by atoms with E-state index in [0.29, 0.717) is 0 Å². The van der Waals surface area contributed by atoms with Gasteiger partial charge in [0.05, 0.1) is 7.11 Å². The van der Waals surface area contributed by atoms with Gasteiger partial charge in [-0.05, 0) is 41.0 Å². The van der Waals surface area contributed by atoms with Gasteiger partial charge in [0.15, 0.2) is 5.82 Å². The fourth-order valence-corrected chi connectivity index (χ4v) is 1.90. The number of nitrogens with zero attached hydrogens (tertiary/aromatic N) is 4. The second kappa shape index (κ2) is 4.56. The van der Waals surface area contributed by atoms with Crippen LogP contribution in [0.1, 0.15) is 23.9 Å². The fraction of sp³-hybridized carbons (Fsp3) is 0.333. The lowest BCUT2D eigenvalue weighted by Gasteiger charge is -2.01. The summed E-state index contributed by atoms with van der Waals surface area (Å²) in [6, 6.07) is 8.18. The van der Waals surface area contributed by atoms with E-state index in [2.05, 4.69) is 37.7 Å². The Morgan fingerprint density at radius 2 is 2.06 bits per heavy atom. The number of ether oxygens (including phenoxy) is 1. The van der Waals surface area contributed by atoms with E-state index in [1.165, 1.54) is 5.56 Å². The number of hydrogen-bond acceptors (Lipinski definition) is 5. The molecule has 18 heavy (non-hydrogen) atoms. The molecule has 0 bridgehead atoms. The first-order chi connectivity index (χ1) is 8.86. The smallest absolute Gasteiger partial charge is 0.179 e. The summed E-state index contributed by atoms with van der Waals surface area (Å²) in [5.74, 6) is 1.62. The molecule has 92 valence electrons. The molecule has 2 heterocycles. The highest BCUT2D eigenvalue weighted by Gasteiger charge is 2.31. The Morgan fingerprint density at radius 3 is 2.72 bits per heavy atom. The number of aromatic nitrogens is 4. The summed E-state index contributed by atoms with van der Waals surface area (Å²) < 4.78 is 5.12. The van der Waals surface area contributed by atoms with E-state index in [0.717, 1.165) is 30.1 Å². The van der Waals surface area contributed by atoms with E-state index in [1.54, 1.807) is 7.11 Å². The first-order valence-corrected chi connectivity index (χ1v) is 5.80. The van der Waals surface area contributed by atoms with Crippen LogP contribution in [-0.2, 0) is 6.42 Å². The molecule has 0 fully saturated rings. The molecule has 1 aromatic carbocycles. The van der Waals surface area contributed by atoms with Gasteiger partial charge >= 0.3 is 0 Å². The molecule has 0 aliphatic carbocycles.